The molecule has 0 saturated carbocycles. The maximum Gasteiger partial charge on any atom is 0.287 e. The van der Waals surface area contributed by atoms with Gasteiger partial charge in [0.2, 0.25) is 0 Å². The standard InChI is InChI=1S/C15H13FN4O/c16-15(12(14(17)21)5-3-7-19-15)20-11-8-10-4-1-2-6-13(10)18-9-11/h1-9,19-20H,(H2,17,21). The molecule has 1 atom stereocenters. The van der Waals surface area contributed by atoms with Crippen LogP contribution in [-0.4, -0.2) is 16.8 Å². The van der Waals surface area contributed by atoms with Gasteiger partial charge in [0.25, 0.3) is 11.8 Å². The number of allylic oxidation sites excluding steroid dienone is 2. The van der Waals surface area contributed by atoms with Gasteiger partial charge in [-0.25, -0.2) is 0 Å². The van der Waals surface area contributed by atoms with Crippen LogP contribution in [-0.2, 0) is 4.79 Å². The second-order valence-corrected chi connectivity index (χ2v) is 4.65. The van der Waals surface area contributed by atoms with Gasteiger partial charge in [-0.05, 0) is 24.3 Å². The maximum absolute atomic E-state index is 14.9. The number of nitrogens with zero attached hydrogens (tertiary/aromatic N) is 1. The summed E-state index contributed by atoms with van der Waals surface area (Å²) in [5.74, 6) is -3.10. The van der Waals surface area contributed by atoms with Crippen LogP contribution in [0.1, 0.15) is 0 Å². The van der Waals surface area contributed by atoms with Gasteiger partial charge in [0.15, 0.2) is 0 Å². The molecule has 21 heavy (non-hydrogen) atoms. The molecule has 6 heteroatoms. The van der Waals surface area contributed by atoms with E-state index in [-0.39, 0.29) is 5.57 Å². The molecule has 0 fully saturated rings. The highest BCUT2D eigenvalue weighted by molar-refractivity contribution is 5.95. The number of nitrogens with one attached hydrogen (secondary N) is 2. The predicted molar refractivity (Wildman–Crippen MR) is 78.8 cm³/mol. The molecule has 1 amide bonds. The Morgan fingerprint density at radius 1 is 1.38 bits per heavy atom. The molecule has 3 rings (SSSR count). The van der Waals surface area contributed by atoms with Crippen molar-refractivity contribution >= 4 is 22.5 Å². The van der Waals surface area contributed by atoms with Crippen LogP contribution in [0, 0.1) is 0 Å². The van der Waals surface area contributed by atoms with Crippen LogP contribution < -0.4 is 16.4 Å². The van der Waals surface area contributed by atoms with E-state index in [0.717, 1.165) is 10.9 Å². The van der Waals surface area contributed by atoms with Gasteiger partial charge in [-0.2, -0.15) is 4.39 Å². The van der Waals surface area contributed by atoms with Crippen molar-refractivity contribution in [2.75, 3.05) is 5.32 Å². The van der Waals surface area contributed by atoms with Crippen LogP contribution in [0.25, 0.3) is 10.9 Å². The van der Waals surface area contributed by atoms with Crippen molar-refractivity contribution in [2.24, 2.45) is 5.73 Å². The van der Waals surface area contributed by atoms with Crippen LogP contribution in [0.5, 0.6) is 0 Å². The minimum atomic E-state index is -2.26. The van der Waals surface area contributed by atoms with E-state index < -0.39 is 11.8 Å². The molecule has 2 aromatic rings. The third kappa shape index (κ3) is 2.43. The fraction of sp³-hybridized carbons (Fsp3) is 0.0667. The molecule has 106 valence electrons. The molecular formula is C15H13FN4O. The van der Waals surface area contributed by atoms with Crippen molar-refractivity contribution in [3.8, 4) is 0 Å². The number of hydrogen-bond acceptors (Lipinski definition) is 4. The maximum atomic E-state index is 14.9. The number of amides is 1. The molecule has 0 aliphatic carbocycles. The van der Waals surface area contributed by atoms with E-state index in [9.17, 15) is 9.18 Å². The van der Waals surface area contributed by atoms with Gasteiger partial charge >= 0.3 is 0 Å². The Hall–Kier alpha value is -2.89. The molecule has 1 aliphatic heterocycles. The first kappa shape index (κ1) is 13.1. The highest BCUT2D eigenvalue weighted by Crippen LogP contribution is 2.26. The molecule has 1 aromatic heterocycles. The lowest BCUT2D eigenvalue weighted by Crippen LogP contribution is -2.51. The number of pyridine rings is 1. The van der Waals surface area contributed by atoms with Gasteiger partial charge in [-0.1, -0.05) is 18.2 Å². The van der Waals surface area contributed by atoms with Crippen LogP contribution in [0.15, 0.2) is 60.5 Å². The van der Waals surface area contributed by atoms with Crippen molar-refractivity contribution in [2.45, 2.75) is 5.92 Å². The fourth-order valence-electron chi connectivity index (χ4n) is 2.19. The highest BCUT2D eigenvalue weighted by Gasteiger charge is 2.37. The van der Waals surface area contributed by atoms with E-state index in [2.05, 4.69) is 15.6 Å². The number of primary amides is 1. The van der Waals surface area contributed by atoms with Gasteiger partial charge in [0.1, 0.15) is 0 Å². The number of nitrogens with two attached hydrogens (primary N) is 1. The SMILES string of the molecule is NC(=O)C1=CC=CNC1(F)Nc1cnc2ccccc2c1. The third-order valence-corrected chi connectivity index (χ3v) is 3.19. The predicted octanol–water partition coefficient (Wildman–Crippen LogP) is 1.80. The van der Waals surface area contributed by atoms with Gasteiger partial charge in [-0.3, -0.25) is 9.78 Å². The Morgan fingerprint density at radius 2 is 2.19 bits per heavy atom. The quantitative estimate of drug-likeness (QED) is 0.751. The number of para-hydroxylation sites is 1. The molecule has 0 saturated heterocycles. The number of dihydropyridines is 1. The molecule has 5 nitrogen and oxygen atoms in total. The Labute approximate surface area is 120 Å². The Kier molecular flexibility index (Phi) is 3.06. The zero-order valence-corrected chi connectivity index (χ0v) is 11.0. The molecule has 0 bridgehead atoms. The molecule has 0 spiro atoms. The summed E-state index contributed by atoms with van der Waals surface area (Å²) in [4.78, 5) is 15.6. The summed E-state index contributed by atoms with van der Waals surface area (Å²) in [5, 5.41) is 5.95. The number of carbonyl (C=O) groups is 1. The van der Waals surface area contributed by atoms with Crippen LogP contribution in [0.3, 0.4) is 0 Å². The summed E-state index contributed by atoms with van der Waals surface area (Å²) in [5.41, 5.74) is 6.25. The first-order valence-corrected chi connectivity index (χ1v) is 6.35. The van der Waals surface area contributed by atoms with E-state index in [0.29, 0.717) is 5.69 Å². The third-order valence-electron chi connectivity index (χ3n) is 3.19. The van der Waals surface area contributed by atoms with Gasteiger partial charge in [0, 0.05) is 11.6 Å². The topological polar surface area (TPSA) is 80.0 Å². The van der Waals surface area contributed by atoms with E-state index in [4.69, 9.17) is 5.73 Å². The van der Waals surface area contributed by atoms with E-state index in [1.165, 1.54) is 24.5 Å². The highest BCUT2D eigenvalue weighted by atomic mass is 19.1. The van der Waals surface area contributed by atoms with Crippen molar-refractivity contribution in [1.29, 1.82) is 0 Å². The van der Waals surface area contributed by atoms with E-state index >= 15 is 0 Å². The van der Waals surface area contributed by atoms with Crippen LogP contribution in [0.2, 0.25) is 0 Å². The lowest BCUT2D eigenvalue weighted by molar-refractivity contribution is -0.115. The summed E-state index contributed by atoms with van der Waals surface area (Å²) in [6.07, 6.45) is 5.74. The Bertz CT molecular complexity index is 771. The first-order chi connectivity index (χ1) is 10.1. The zero-order valence-electron chi connectivity index (χ0n) is 11.0. The smallest absolute Gasteiger partial charge is 0.287 e. The zero-order chi connectivity index (χ0) is 14.9. The lowest BCUT2D eigenvalue weighted by atomic mass is 10.1. The second kappa shape index (κ2) is 4.90. The van der Waals surface area contributed by atoms with Crippen molar-refractivity contribution in [3.05, 3.63) is 60.5 Å². The van der Waals surface area contributed by atoms with Crippen LogP contribution >= 0.6 is 0 Å². The number of anilines is 1. The summed E-state index contributed by atoms with van der Waals surface area (Å²) in [7, 11) is 0. The summed E-state index contributed by atoms with van der Waals surface area (Å²) < 4.78 is 14.9. The van der Waals surface area contributed by atoms with Crippen molar-refractivity contribution in [3.63, 3.8) is 0 Å². The Balaban J connectivity index is 1.95. The summed E-state index contributed by atoms with van der Waals surface area (Å²) >= 11 is 0. The average Bonchev–Trinajstić information content (AvgIpc) is 2.47. The lowest BCUT2D eigenvalue weighted by Gasteiger charge is -2.30. The average molecular weight is 284 g/mol. The van der Waals surface area contributed by atoms with Gasteiger partial charge in [-0.15, -0.1) is 0 Å². The van der Waals surface area contributed by atoms with Gasteiger partial charge < -0.3 is 16.4 Å². The monoisotopic (exact) mass is 284 g/mol. The number of aromatic nitrogens is 1. The minimum Gasteiger partial charge on any atom is -0.366 e. The fourth-order valence-corrected chi connectivity index (χ4v) is 2.19. The number of carbonyl (C=O) groups excluding carboxylic acids is 1. The normalized spacial score (nSPS) is 20.7. The number of benzene rings is 1. The molecule has 0 radical (unpaired) electrons. The summed E-state index contributed by atoms with van der Waals surface area (Å²) in [6, 6.07) is 9.23. The molecule has 1 aromatic carbocycles. The molecule has 1 aliphatic rings. The summed E-state index contributed by atoms with van der Waals surface area (Å²) in [6.45, 7) is 0. The number of fused-ring (bicyclic) bond motifs is 1. The number of hydrogen-bond donors (Lipinski definition) is 3. The molecule has 1 unspecified atom stereocenters. The second-order valence-electron chi connectivity index (χ2n) is 4.65. The van der Waals surface area contributed by atoms with E-state index in [1.54, 1.807) is 6.07 Å². The molecule has 2 heterocycles. The number of rotatable bonds is 3. The van der Waals surface area contributed by atoms with Gasteiger partial charge in [0.05, 0.1) is 23.0 Å². The first-order valence-electron chi connectivity index (χ1n) is 6.35. The minimum absolute atomic E-state index is 0.196. The Morgan fingerprint density at radius 3 is 3.00 bits per heavy atom. The number of alkyl halides is 1. The van der Waals surface area contributed by atoms with Crippen molar-refractivity contribution in [1.82, 2.24) is 10.3 Å². The van der Waals surface area contributed by atoms with E-state index in [1.807, 2.05) is 24.3 Å². The van der Waals surface area contributed by atoms with Crippen LogP contribution in [0.4, 0.5) is 10.1 Å². The number of halogens is 1. The van der Waals surface area contributed by atoms with Crippen molar-refractivity contribution < 1.29 is 9.18 Å². The molecular weight excluding hydrogens is 271 g/mol. The largest absolute Gasteiger partial charge is 0.366 e. The molecule has 4 N–H and O–H groups in total.